The molecule has 0 spiro atoms. The van der Waals surface area contributed by atoms with Crippen molar-refractivity contribution >= 4 is 27.5 Å². The molecule has 1 atom stereocenters. The van der Waals surface area contributed by atoms with Gasteiger partial charge in [-0.15, -0.1) is 0 Å². The Bertz CT molecular complexity index is 656. The number of benzene rings is 1. The number of aryl methyl sites for hydroxylation is 1. The first kappa shape index (κ1) is 18.2. The first-order valence-electron chi connectivity index (χ1n) is 7.85. The van der Waals surface area contributed by atoms with Crippen LogP contribution in [0.2, 0.25) is 5.02 Å². The van der Waals surface area contributed by atoms with E-state index in [1.807, 2.05) is 0 Å². The van der Waals surface area contributed by atoms with E-state index in [0.29, 0.717) is 25.1 Å². The number of sulfonamides is 1. The number of rotatable bonds is 5. The third-order valence-corrected chi connectivity index (χ3v) is 6.74. The average molecular weight is 359 g/mol. The van der Waals surface area contributed by atoms with Gasteiger partial charge in [0.05, 0.1) is 5.02 Å². The highest BCUT2D eigenvalue weighted by molar-refractivity contribution is 7.89. The van der Waals surface area contributed by atoms with Gasteiger partial charge in [-0.3, -0.25) is 4.79 Å². The van der Waals surface area contributed by atoms with Gasteiger partial charge in [-0.05, 0) is 37.8 Å². The molecular weight excluding hydrogens is 336 g/mol. The molecule has 1 fully saturated rings. The lowest BCUT2D eigenvalue weighted by Gasteiger charge is -2.35. The van der Waals surface area contributed by atoms with Crippen LogP contribution in [0.5, 0.6) is 0 Å². The zero-order chi connectivity index (χ0) is 17.0. The number of hydrogen-bond acceptors (Lipinski definition) is 3. The van der Waals surface area contributed by atoms with Crippen molar-refractivity contribution < 1.29 is 13.2 Å². The van der Waals surface area contributed by atoms with Crippen LogP contribution in [-0.4, -0.2) is 37.8 Å². The van der Waals surface area contributed by atoms with Gasteiger partial charge in [0, 0.05) is 26.1 Å². The predicted molar refractivity (Wildman–Crippen MR) is 91.0 cm³/mol. The van der Waals surface area contributed by atoms with Crippen molar-refractivity contribution in [1.82, 2.24) is 9.62 Å². The highest BCUT2D eigenvalue weighted by Gasteiger charge is 2.35. The van der Waals surface area contributed by atoms with Gasteiger partial charge < -0.3 is 5.32 Å². The molecule has 1 aromatic carbocycles. The largest absolute Gasteiger partial charge is 0.356 e. The number of amides is 1. The monoisotopic (exact) mass is 358 g/mol. The van der Waals surface area contributed by atoms with Gasteiger partial charge in [0.25, 0.3) is 0 Å². The Morgan fingerprint density at radius 2 is 2.13 bits per heavy atom. The molecule has 0 bridgehead atoms. The van der Waals surface area contributed by atoms with Gasteiger partial charge in [0.2, 0.25) is 15.9 Å². The van der Waals surface area contributed by atoms with E-state index >= 15 is 0 Å². The van der Waals surface area contributed by atoms with Gasteiger partial charge in [-0.2, -0.15) is 4.31 Å². The fourth-order valence-corrected chi connectivity index (χ4v) is 5.57. The van der Waals surface area contributed by atoms with Gasteiger partial charge in [0.1, 0.15) is 4.90 Å². The molecule has 0 aromatic heterocycles. The normalized spacial score (nSPS) is 19.5. The zero-order valence-electron chi connectivity index (χ0n) is 13.5. The first-order valence-corrected chi connectivity index (χ1v) is 9.67. The molecule has 23 heavy (non-hydrogen) atoms. The highest BCUT2D eigenvalue weighted by Crippen LogP contribution is 2.32. The summed E-state index contributed by atoms with van der Waals surface area (Å²) in [6.07, 6.45) is 3.27. The van der Waals surface area contributed by atoms with Crippen LogP contribution in [0.1, 0.15) is 38.2 Å². The number of carbonyl (C=O) groups excluding carboxylic acids is 1. The van der Waals surface area contributed by atoms with Crippen LogP contribution in [0.25, 0.3) is 0 Å². The van der Waals surface area contributed by atoms with Crippen LogP contribution >= 0.6 is 11.6 Å². The van der Waals surface area contributed by atoms with Gasteiger partial charge in [0.15, 0.2) is 0 Å². The Labute approximate surface area is 143 Å². The quantitative estimate of drug-likeness (QED) is 0.880. The minimum Gasteiger partial charge on any atom is -0.356 e. The Balaban J connectivity index is 2.26. The Kier molecular flexibility index (Phi) is 6.06. The van der Waals surface area contributed by atoms with E-state index in [-0.39, 0.29) is 21.9 Å². The molecule has 0 radical (unpaired) electrons. The molecule has 0 aliphatic carbocycles. The van der Waals surface area contributed by atoms with Crippen molar-refractivity contribution in [2.45, 2.75) is 50.5 Å². The van der Waals surface area contributed by atoms with Crippen LogP contribution in [0.4, 0.5) is 0 Å². The van der Waals surface area contributed by atoms with Crippen LogP contribution in [0.3, 0.4) is 0 Å². The predicted octanol–water partition coefficient (Wildman–Crippen LogP) is 2.72. The average Bonchev–Trinajstić information content (AvgIpc) is 2.47. The van der Waals surface area contributed by atoms with E-state index in [1.54, 1.807) is 29.4 Å². The summed E-state index contributed by atoms with van der Waals surface area (Å²) in [4.78, 5) is 11.2. The molecule has 2 rings (SSSR count). The third-order valence-electron chi connectivity index (χ3n) is 4.16. The Morgan fingerprint density at radius 3 is 2.78 bits per heavy atom. The minimum atomic E-state index is -3.63. The summed E-state index contributed by atoms with van der Waals surface area (Å²) < 4.78 is 27.7. The van der Waals surface area contributed by atoms with Crippen molar-refractivity contribution in [2.75, 3.05) is 13.1 Å². The number of piperidine rings is 1. The zero-order valence-corrected chi connectivity index (χ0v) is 15.1. The topological polar surface area (TPSA) is 66.5 Å². The molecule has 1 saturated heterocycles. The molecule has 1 aliphatic heterocycles. The summed E-state index contributed by atoms with van der Waals surface area (Å²) >= 11 is 6.16. The van der Waals surface area contributed by atoms with Crippen molar-refractivity contribution in [3.05, 3.63) is 28.8 Å². The van der Waals surface area contributed by atoms with Crippen LogP contribution in [-0.2, 0) is 14.8 Å². The summed E-state index contributed by atoms with van der Waals surface area (Å²) in [7, 11) is -3.63. The van der Waals surface area contributed by atoms with Crippen LogP contribution in [0.15, 0.2) is 23.1 Å². The van der Waals surface area contributed by atoms with E-state index < -0.39 is 10.0 Å². The first-order chi connectivity index (χ1) is 10.8. The fourth-order valence-electron chi connectivity index (χ4n) is 3.05. The van der Waals surface area contributed by atoms with Crippen molar-refractivity contribution in [2.24, 2.45) is 0 Å². The van der Waals surface area contributed by atoms with E-state index in [4.69, 9.17) is 11.6 Å². The SMILES string of the molecule is CC(=O)NCC[C@H]1CCCCN1S(=O)(=O)c1c(C)cccc1Cl. The third kappa shape index (κ3) is 4.25. The van der Waals surface area contributed by atoms with Gasteiger partial charge >= 0.3 is 0 Å². The van der Waals surface area contributed by atoms with Crippen molar-refractivity contribution in [3.8, 4) is 0 Å². The molecule has 1 aromatic rings. The maximum Gasteiger partial charge on any atom is 0.245 e. The van der Waals surface area contributed by atoms with Crippen LogP contribution in [0, 0.1) is 6.92 Å². The lowest BCUT2D eigenvalue weighted by Crippen LogP contribution is -2.45. The number of nitrogens with zero attached hydrogens (tertiary/aromatic N) is 1. The Morgan fingerprint density at radius 1 is 1.39 bits per heavy atom. The second-order valence-corrected chi connectivity index (χ2v) is 8.16. The molecule has 0 saturated carbocycles. The molecule has 7 heteroatoms. The maximum absolute atomic E-state index is 13.1. The highest BCUT2D eigenvalue weighted by atomic mass is 35.5. The molecular formula is C16H23ClN2O3S. The Hall–Kier alpha value is -1.11. The molecule has 1 N–H and O–H groups in total. The maximum atomic E-state index is 13.1. The number of nitrogens with one attached hydrogen (secondary N) is 1. The molecule has 5 nitrogen and oxygen atoms in total. The smallest absolute Gasteiger partial charge is 0.245 e. The molecule has 0 unspecified atom stereocenters. The van der Waals surface area contributed by atoms with Gasteiger partial charge in [-0.1, -0.05) is 30.2 Å². The summed E-state index contributed by atoms with van der Waals surface area (Å²) in [6, 6.07) is 5.02. The standard InChI is InChI=1S/C16H23ClN2O3S/c1-12-6-5-8-15(17)16(12)23(21,22)19-11-4-3-7-14(19)9-10-18-13(2)20/h5-6,8,14H,3-4,7,9-11H2,1-2H3,(H,18,20)/t14-/m1/s1. The molecule has 1 amide bonds. The van der Waals surface area contributed by atoms with E-state index in [0.717, 1.165) is 19.3 Å². The second-order valence-electron chi connectivity index (χ2n) is 5.92. The van der Waals surface area contributed by atoms with Crippen molar-refractivity contribution in [1.29, 1.82) is 0 Å². The number of halogens is 1. The summed E-state index contributed by atoms with van der Waals surface area (Å²) in [5.74, 6) is -0.0998. The number of hydrogen-bond donors (Lipinski definition) is 1. The van der Waals surface area contributed by atoms with E-state index in [9.17, 15) is 13.2 Å². The summed E-state index contributed by atoms with van der Waals surface area (Å²) in [5, 5.41) is 3.00. The van der Waals surface area contributed by atoms with Gasteiger partial charge in [-0.25, -0.2) is 8.42 Å². The van der Waals surface area contributed by atoms with E-state index in [1.165, 1.54) is 6.92 Å². The lowest BCUT2D eigenvalue weighted by molar-refractivity contribution is -0.119. The summed E-state index contributed by atoms with van der Waals surface area (Å²) in [6.45, 7) is 4.20. The molecule has 128 valence electrons. The molecule has 1 aliphatic rings. The van der Waals surface area contributed by atoms with Crippen LogP contribution < -0.4 is 5.32 Å². The van der Waals surface area contributed by atoms with E-state index in [2.05, 4.69) is 5.32 Å². The number of carbonyl (C=O) groups is 1. The minimum absolute atomic E-state index is 0.0998. The van der Waals surface area contributed by atoms with Crippen molar-refractivity contribution in [3.63, 3.8) is 0 Å². The molecule has 1 heterocycles. The fraction of sp³-hybridized carbons (Fsp3) is 0.562. The lowest BCUT2D eigenvalue weighted by atomic mass is 10.0. The summed E-state index contributed by atoms with van der Waals surface area (Å²) in [5.41, 5.74) is 0.656. The second kappa shape index (κ2) is 7.64.